The number of nitrogens with zero attached hydrogens (tertiary/aromatic N) is 2. The lowest BCUT2D eigenvalue weighted by Crippen LogP contribution is -2.46. The molecule has 3 aromatic heterocycles. The Labute approximate surface area is 233 Å². The lowest BCUT2D eigenvalue weighted by atomic mass is 9.83. The number of fused-ring (bicyclic) bond motifs is 5. The van der Waals surface area contributed by atoms with Gasteiger partial charge in [0.25, 0.3) is 11.1 Å². The summed E-state index contributed by atoms with van der Waals surface area (Å²) in [7, 11) is 1.52. The molecule has 0 aliphatic carbocycles. The summed E-state index contributed by atoms with van der Waals surface area (Å²) < 4.78 is 13.2. The van der Waals surface area contributed by atoms with Gasteiger partial charge in [-0.05, 0) is 42.0 Å². The molecule has 0 saturated carbocycles. The predicted molar refractivity (Wildman–Crippen MR) is 150 cm³/mol. The quantitative estimate of drug-likeness (QED) is 0.310. The van der Waals surface area contributed by atoms with Gasteiger partial charge in [0.15, 0.2) is 5.76 Å². The fourth-order valence-electron chi connectivity index (χ4n) is 6.34. The Kier molecular flexibility index (Phi) is 6.74. The van der Waals surface area contributed by atoms with E-state index in [9.17, 15) is 24.3 Å². The molecular weight excluding hydrogens is 528 g/mol. The van der Waals surface area contributed by atoms with E-state index in [0.717, 1.165) is 12.1 Å². The number of rotatable bonds is 7. The summed E-state index contributed by atoms with van der Waals surface area (Å²) in [5, 5.41) is 11.4. The number of carbonyl (C=O) groups is 1. The van der Waals surface area contributed by atoms with Crippen molar-refractivity contribution in [3.63, 3.8) is 0 Å². The molecule has 41 heavy (non-hydrogen) atoms. The number of aromatic nitrogens is 2. The second-order valence-electron chi connectivity index (χ2n) is 10.9. The van der Waals surface area contributed by atoms with Gasteiger partial charge in [-0.3, -0.25) is 24.1 Å². The van der Waals surface area contributed by atoms with Crippen molar-refractivity contribution in [1.82, 2.24) is 14.5 Å². The van der Waals surface area contributed by atoms with Gasteiger partial charge in [-0.1, -0.05) is 6.07 Å². The van der Waals surface area contributed by atoms with Crippen LogP contribution in [-0.4, -0.2) is 45.7 Å². The molecule has 2 aliphatic heterocycles. The monoisotopic (exact) mass is 558 g/mol. The van der Waals surface area contributed by atoms with E-state index in [1.54, 1.807) is 36.4 Å². The summed E-state index contributed by atoms with van der Waals surface area (Å²) in [6, 6.07) is 13.3. The Bertz CT molecular complexity index is 1840. The number of benzene rings is 1. The van der Waals surface area contributed by atoms with Gasteiger partial charge in [0.05, 0.1) is 25.1 Å². The highest BCUT2D eigenvalue weighted by Crippen LogP contribution is 2.37. The lowest BCUT2D eigenvalue weighted by Gasteiger charge is -2.42. The molecule has 1 aromatic carbocycles. The van der Waals surface area contributed by atoms with E-state index in [2.05, 4.69) is 9.88 Å². The molecule has 2 bridgehead atoms. The second kappa shape index (κ2) is 10.4. The van der Waals surface area contributed by atoms with Crippen LogP contribution in [-0.2, 0) is 17.9 Å². The number of carbonyl (C=O) groups excluding carboxylic acids is 1. The number of H-pyrrole nitrogens is 1. The minimum atomic E-state index is -1.09. The third-order valence-electron chi connectivity index (χ3n) is 8.11. The van der Waals surface area contributed by atoms with Crippen molar-refractivity contribution in [2.75, 3.05) is 20.2 Å². The van der Waals surface area contributed by atoms with E-state index in [0.29, 0.717) is 42.0 Å². The summed E-state index contributed by atoms with van der Waals surface area (Å²) in [6.07, 6.45) is 0.617. The zero-order valence-electron chi connectivity index (χ0n) is 22.5. The van der Waals surface area contributed by atoms with Crippen LogP contribution in [0.3, 0.4) is 0 Å². The highest BCUT2D eigenvalue weighted by atomic mass is 16.5. The number of piperidine rings is 1. The lowest BCUT2D eigenvalue weighted by molar-refractivity contribution is -0.118. The molecule has 11 heteroatoms. The van der Waals surface area contributed by atoms with Crippen LogP contribution < -0.4 is 27.0 Å². The zero-order chi connectivity index (χ0) is 28.8. The number of pyridine rings is 2. The number of ether oxygens (including phenoxy) is 1. The molecule has 0 radical (unpaired) electrons. The van der Waals surface area contributed by atoms with Crippen molar-refractivity contribution in [2.45, 2.75) is 37.8 Å². The van der Waals surface area contributed by atoms with Crippen molar-refractivity contribution in [2.24, 2.45) is 11.7 Å². The van der Waals surface area contributed by atoms with Crippen LogP contribution in [0.25, 0.3) is 10.9 Å². The molecule has 0 spiro atoms. The molecule has 11 nitrogen and oxygen atoms in total. The van der Waals surface area contributed by atoms with Crippen molar-refractivity contribution < 1.29 is 19.1 Å². The van der Waals surface area contributed by atoms with E-state index in [1.807, 2.05) is 10.6 Å². The fraction of sp³-hybridized carbons (Fsp3) is 0.333. The standard InChI is InChI=1S/C30H30N4O7/c1-40-19-6-5-17-8-22(30(39)32-23(17)9-19)21(11-26(31)36)29-28(38)25(35)10-20(41-29)15-33-12-16-7-18(14-33)24-3-2-4-27(37)34(24)13-16/h2-6,8-10,16,18,21,38H,7,11-15H2,1H3,(H2,31,36)(H,32,39)/t16-,18+,21-/m1/s1. The van der Waals surface area contributed by atoms with Crippen LogP contribution in [0.2, 0.25) is 0 Å². The molecule has 3 atom stereocenters. The Balaban J connectivity index is 1.35. The van der Waals surface area contributed by atoms with Crippen LogP contribution in [0, 0.1) is 5.92 Å². The zero-order valence-corrected chi connectivity index (χ0v) is 22.5. The highest BCUT2D eigenvalue weighted by molar-refractivity contribution is 5.81. The normalized spacial score (nSPS) is 19.0. The molecule has 6 rings (SSSR count). The topological polar surface area (TPSA) is 161 Å². The molecule has 4 aromatic rings. The molecule has 4 N–H and O–H groups in total. The molecule has 1 fully saturated rings. The summed E-state index contributed by atoms with van der Waals surface area (Å²) >= 11 is 0. The van der Waals surface area contributed by atoms with Crippen LogP contribution in [0.4, 0.5) is 0 Å². The summed E-state index contributed by atoms with van der Waals surface area (Å²) in [5.41, 5.74) is 6.02. The third-order valence-corrected chi connectivity index (χ3v) is 8.11. The number of likely N-dealkylation sites (tertiary alicyclic amines) is 1. The average Bonchev–Trinajstić information content (AvgIpc) is 2.93. The summed E-state index contributed by atoms with van der Waals surface area (Å²) in [5.74, 6) is -1.38. The first kappa shape index (κ1) is 26.6. The van der Waals surface area contributed by atoms with Gasteiger partial charge in [-0.15, -0.1) is 0 Å². The van der Waals surface area contributed by atoms with Gasteiger partial charge >= 0.3 is 0 Å². The smallest absolute Gasteiger partial charge is 0.252 e. The van der Waals surface area contributed by atoms with Crippen LogP contribution in [0.5, 0.6) is 11.5 Å². The molecular formula is C30H30N4O7. The molecule has 0 unspecified atom stereocenters. The van der Waals surface area contributed by atoms with E-state index in [4.69, 9.17) is 14.9 Å². The minimum Gasteiger partial charge on any atom is -0.502 e. The van der Waals surface area contributed by atoms with Crippen LogP contribution in [0.1, 0.15) is 47.5 Å². The number of nitrogens with two attached hydrogens (primary N) is 1. The summed E-state index contributed by atoms with van der Waals surface area (Å²) in [4.78, 5) is 55.5. The SMILES string of the molecule is COc1ccc2cc([C@@H](CC(N)=O)c3oc(CN4C[C@H]5C[C@@H](C4)c4cccc(=O)n4C5)cc(=O)c3O)c(=O)[nH]c2c1. The van der Waals surface area contributed by atoms with E-state index in [-0.39, 0.29) is 41.7 Å². The number of aromatic hydroxyl groups is 1. The fourth-order valence-corrected chi connectivity index (χ4v) is 6.34. The maximum absolute atomic E-state index is 13.2. The second-order valence-corrected chi connectivity index (χ2v) is 10.9. The maximum atomic E-state index is 13.2. The van der Waals surface area contributed by atoms with Crippen molar-refractivity contribution in [3.05, 3.63) is 102 Å². The Morgan fingerprint density at radius 1 is 1.15 bits per heavy atom. The number of hydrogen-bond donors (Lipinski definition) is 3. The van der Waals surface area contributed by atoms with Crippen molar-refractivity contribution in [1.29, 1.82) is 0 Å². The molecule has 2 aliphatic rings. The van der Waals surface area contributed by atoms with Gasteiger partial charge in [0, 0.05) is 61.4 Å². The number of nitrogens with one attached hydrogen (secondary N) is 1. The Morgan fingerprint density at radius 3 is 2.76 bits per heavy atom. The van der Waals surface area contributed by atoms with E-state index in [1.165, 1.54) is 13.2 Å². The van der Waals surface area contributed by atoms with E-state index >= 15 is 0 Å². The first-order valence-electron chi connectivity index (χ1n) is 13.5. The number of hydrogen-bond acceptors (Lipinski definition) is 8. The Morgan fingerprint density at radius 2 is 1.98 bits per heavy atom. The average molecular weight is 559 g/mol. The van der Waals surface area contributed by atoms with Gasteiger partial charge in [0.1, 0.15) is 11.5 Å². The number of aromatic amines is 1. The van der Waals surface area contributed by atoms with Crippen LogP contribution >= 0.6 is 0 Å². The Hall–Kier alpha value is -4.64. The predicted octanol–water partition coefficient (Wildman–Crippen LogP) is 1.98. The molecule has 212 valence electrons. The molecule has 1 saturated heterocycles. The number of amides is 1. The first-order chi connectivity index (χ1) is 19.7. The number of methoxy groups -OCH3 is 1. The maximum Gasteiger partial charge on any atom is 0.252 e. The third kappa shape index (κ3) is 5.04. The van der Waals surface area contributed by atoms with Crippen molar-refractivity contribution >= 4 is 16.8 Å². The van der Waals surface area contributed by atoms with Gasteiger partial charge in [-0.25, -0.2) is 0 Å². The molecule has 5 heterocycles. The van der Waals surface area contributed by atoms with Gasteiger partial charge < -0.3 is 29.5 Å². The minimum absolute atomic E-state index is 0.00290. The van der Waals surface area contributed by atoms with Crippen LogP contribution in [0.15, 0.2) is 67.3 Å². The van der Waals surface area contributed by atoms with Gasteiger partial charge in [-0.2, -0.15) is 0 Å². The number of primary amides is 1. The van der Waals surface area contributed by atoms with Gasteiger partial charge in [0.2, 0.25) is 17.1 Å². The first-order valence-corrected chi connectivity index (χ1v) is 13.5. The van der Waals surface area contributed by atoms with E-state index < -0.39 is 28.6 Å². The highest BCUT2D eigenvalue weighted by Gasteiger charge is 2.35. The largest absolute Gasteiger partial charge is 0.502 e. The molecule has 1 amide bonds. The summed E-state index contributed by atoms with van der Waals surface area (Å²) in [6.45, 7) is 2.28. The van der Waals surface area contributed by atoms with Crippen molar-refractivity contribution in [3.8, 4) is 11.5 Å².